The van der Waals surface area contributed by atoms with E-state index >= 15 is 0 Å². The summed E-state index contributed by atoms with van der Waals surface area (Å²) in [5.74, 6) is 0. The lowest BCUT2D eigenvalue weighted by molar-refractivity contribution is -0.0406. The zero-order valence-corrected chi connectivity index (χ0v) is 14.7. The van der Waals surface area contributed by atoms with Crippen molar-refractivity contribution in [2.24, 2.45) is 0 Å². The molecule has 6 nitrogen and oxygen atoms in total. The molecule has 1 atom stereocenters. The van der Waals surface area contributed by atoms with Gasteiger partial charge in [-0.15, -0.1) is 0 Å². The molecule has 6 heteroatoms. The maximum Gasteiger partial charge on any atom is 0.0898 e. The molecule has 0 unspecified atom stereocenters. The third-order valence-electron chi connectivity index (χ3n) is 4.59. The number of aromatic nitrogens is 4. The van der Waals surface area contributed by atoms with Crippen LogP contribution in [-0.2, 0) is 17.8 Å². The predicted molar refractivity (Wildman–Crippen MR) is 96.3 cm³/mol. The molecule has 0 aliphatic carbocycles. The van der Waals surface area contributed by atoms with Gasteiger partial charge in [0.05, 0.1) is 47.9 Å². The quantitative estimate of drug-likeness (QED) is 0.731. The summed E-state index contributed by atoms with van der Waals surface area (Å²) in [5.41, 5.74) is 5.14. The Morgan fingerprint density at radius 2 is 1.96 bits per heavy atom. The number of fused-ring (bicyclic) bond motifs is 1. The fraction of sp³-hybridized carbons (Fsp3) is 0.421. The molecule has 1 aliphatic rings. The zero-order valence-electron chi connectivity index (χ0n) is 14.7. The monoisotopic (exact) mass is 337 g/mol. The largest absolute Gasteiger partial charge is 0.374 e. The predicted octanol–water partition coefficient (Wildman–Crippen LogP) is 2.34. The smallest absolute Gasteiger partial charge is 0.0898 e. The normalized spacial score (nSPS) is 18.7. The summed E-state index contributed by atoms with van der Waals surface area (Å²) < 4.78 is 7.88. The number of benzene rings is 1. The van der Waals surface area contributed by atoms with Gasteiger partial charge in [0.15, 0.2) is 0 Å². The molecule has 2 aromatic heterocycles. The summed E-state index contributed by atoms with van der Waals surface area (Å²) in [6.45, 7) is 8.23. The van der Waals surface area contributed by atoms with Crippen LogP contribution < -0.4 is 0 Å². The van der Waals surface area contributed by atoms with Crippen LogP contribution in [0.1, 0.15) is 17.0 Å². The van der Waals surface area contributed by atoms with Gasteiger partial charge < -0.3 is 4.74 Å². The van der Waals surface area contributed by atoms with E-state index in [-0.39, 0.29) is 6.10 Å². The second-order valence-electron chi connectivity index (χ2n) is 6.71. The van der Waals surface area contributed by atoms with Crippen molar-refractivity contribution in [3.63, 3.8) is 0 Å². The standard InChI is InChI=1S/C19H23N5O/c1-14-9-20-24(10-14)12-16-11-23(7-8-25-16)13-19-15(2)21-17-5-3-4-6-18(17)22-19/h3-6,9-10,16H,7-8,11-13H2,1-2H3/t16-/m1/s1. The third-order valence-corrected chi connectivity index (χ3v) is 4.59. The first-order valence-electron chi connectivity index (χ1n) is 8.72. The minimum absolute atomic E-state index is 0.154. The highest BCUT2D eigenvalue weighted by Gasteiger charge is 2.22. The van der Waals surface area contributed by atoms with Gasteiger partial charge in [-0.1, -0.05) is 12.1 Å². The van der Waals surface area contributed by atoms with Gasteiger partial charge in [0, 0.05) is 25.8 Å². The first-order valence-corrected chi connectivity index (χ1v) is 8.72. The summed E-state index contributed by atoms with van der Waals surface area (Å²) in [7, 11) is 0. The van der Waals surface area contributed by atoms with Gasteiger partial charge in [-0.05, 0) is 31.5 Å². The maximum absolute atomic E-state index is 5.92. The van der Waals surface area contributed by atoms with Crippen molar-refractivity contribution in [3.8, 4) is 0 Å². The Balaban J connectivity index is 1.46. The van der Waals surface area contributed by atoms with Crippen LogP contribution in [0.25, 0.3) is 11.0 Å². The SMILES string of the molecule is Cc1cnn(C[C@H]2CN(Cc3nc4ccccc4nc3C)CCO2)c1. The number of hydrogen-bond donors (Lipinski definition) is 0. The van der Waals surface area contributed by atoms with Crippen LogP contribution >= 0.6 is 0 Å². The van der Waals surface area contributed by atoms with Crippen molar-refractivity contribution < 1.29 is 4.74 Å². The Bertz CT molecular complexity index is 875. The van der Waals surface area contributed by atoms with Crippen molar-refractivity contribution >= 4 is 11.0 Å². The summed E-state index contributed by atoms with van der Waals surface area (Å²) in [5, 5.41) is 4.36. The van der Waals surface area contributed by atoms with Crippen LogP contribution in [0.15, 0.2) is 36.7 Å². The average molecular weight is 337 g/mol. The minimum Gasteiger partial charge on any atom is -0.374 e. The highest BCUT2D eigenvalue weighted by atomic mass is 16.5. The molecule has 1 aliphatic heterocycles. The topological polar surface area (TPSA) is 56.1 Å². The minimum atomic E-state index is 0.154. The van der Waals surface area contributed by atoms with E-state index in [2.05, 4.69) is 23.1 Å². The van der Waals surface area contributed by atoms with E-state index in [0.29, 0.717) is 0 Å². The van der Waals surface area contributed by atoms with Gasteiger partial charge in [0.1, 0.15) is 0 Å². The van der Waals surface area contributed by atoms with Gasteiger partial charge >= 0.3 is 0 Å². The van der Waals surface area contributed by atoms with Crippen molar-refractivity contribution in [1.29, 1.82) is 0 Å². The van der Waals surface area contributed by atoms with Crippen molar-refractivity contribution in [3.05, 3.63) is 53.6 Å². The fourth-order valence-electron chi connectivity index (χ4n) is 3.30. The van der Waals surface area contributed by atoms with E-state index in [1.165, 1.54) is 5.56 Å². The van der Waals surface area contributed by atoms with E-state index in [1.54, 1.807) is 0 Å². The summed E-state index contributed by atoms with van der Waals surface area (Å²) >= 11 is 0. The summed E-state index contributed by atoms with van der Waals surface area (Å²) in [4.78, 5) is 11.9. The third kappa shape index (κ3) is 3.70. The van der Waals surface area contributed by atoms with Crippen molar-refractivity contribution in [2.45, 2.75) is 33.0 Å². The second kappa shape index (κ2) is 6.90. The number of para-hydroxylation sites is 2. The number of nitrogens with zero attached hydrogens (tertiary/aromatic N) is 5. The lowest BCUT2D eigenvalue weighted by atomic mass is 10.2. The summed E-state index contributed by atoms with van der Waals surface area (Å²) in [6.07, 6.45) is 4.09. The molecule has 130 valence electrons. The molecule has 1 saturated heterocycles. The van der Waals surface area contributed by atoms with Gasteiger partial charge in [-0.2, -0.15) is 5.10 Å². The van der Waals surface area contributed by atoms with Crippen LogP contribution in [0.3, 0.4) is 0 Å². The maximum atomic E-state index is 5.92. The Hall–Kier alpha value is -2.31. The average Bonchev–Trinajstić information content (AvgIpc) is 3.01. The van der Waals surface area contributed by atoms with Crippen LogP contribution in [-0.4, -0.2) is 50.4 Å². The van der Waals surface area contributed by atoms with Crippen LogP contribution in [0.5, 0.6) is 0 Å². The Morgan fingerprint density at radius 3 is 2.72 bits per heavy atom. The molecule has 0 saturated carbocycles. The number of morpholine rings is 1. The number of aryl methyl sites for hydroxylation is 2. The lowest BCUT2D eigenvalue weighted by Crippen LogP contribution is -2.44. The van der Waals surface area contributed by atoms with E-state index in [0.717, 1.165) is 55.2 Å². The molecule has 0 amide bonds. The molecule has 1 aromatic carbocycles. The van der Waals surface area contributed by atoms with Gasteiger partial charge in [-0.25, -0.2) is 9.97 Å². The molecule has 0 spiro atoms. The van der Waals surface area contributed by atoms with Crippen molar-refractivity contribution in [1.82, 2.24) is 24.6 Å². The fourth-order valence-corrected chi connectivity index (χ4v) is 3.30. The summed E-state index contributed by atoms with van der Waals surface area (Å²) in [6, 6.07) is 8.04. The van der Waals surface area contributed by atoms with Crippen molar-refractivity contribution in [2.75, 3.05) is 19.7 Å². The Morgan fingerprint density at radius 1 is 1.16 bits per heavy atom. The molecule has 4 rings (SSSR count). The molecule has 0 radical (unpaired) electrons. The highest BCUT2D eigenvalue weighted by molar-refractivity contribution is 5.74. The van der Waals surface area contributed by atoms with Crippen LogP contribution in [0.4, 0.5) is 0 Å². The van der Waals surface area contributed by atoms with Gasteiger partial charge in [0.2, 0.25) is 0 Å². The molecule has 25 heavy (non-hydrogen) atoms. The van der Waals surface area contributed by atoms with Gasteiger partial charge in [0.25, 0.3) is 0 Å². The van der Waals surface area contributed by atoms with E-state index < -0.39 is 0 Å². The molecule has 3 heterocycles. The van der Waals surface area contributed by atoms with Crippen LogP contribution in [0.2, 0.25) is 0 Å². The molecule has 0 N–H and O–H groups in total. The Labute approximate surface area is 147 Å². The van der Waals surface area contributed by atoms with E-state index in [9.17, 15) is 0 Å². The lowest BCUT2D eigenvalue weighted by Gasteiger charge is -2.32. The number of rotatable bonds is 4. The Kier molecular flexibility index (Phi) is 4.46. The first-order chi connectivity index (χ1) is 12.2. The molecule has 1 fully saturated rings. The number of hydrogen-bond acceptors (Lipinski definition) is 5. The molecule has 3 aromatic rings. The highest BCUT2D eigenvalue weighted by Crippen LogP contribution is 2.16. The van der Waals surface area contributed by atoms with E-state index in [1.807, 2.05) is 42.1 Å². The zero-order chi connectivity index (χ0) is 17.2. The van der Waals surface area contributed by atoms with Crippen LogP contribution in [0, 0.1) is 13.8 Å². The van der Waals surface area contributed by atoms with Gasteiger partial charge in [-0.3, -0.25) is 9.58 Å². The first kappa shape index (κ1) is 16.2. The molecular formula is C19H23N5O. The number of ether oxygens (including phenoxy) is 1. The molecule has 0 bridgehead atoms. The second-order valence-corrected chi connectivity index (χ2v) is 6.71. The van der Waals surface area contributed by atoms with E-state index in [4.69, 9.17) is 14.7 Å². The molecular weight excluding hydrogens is 314 g/mol.